The van der Waals surface area contributed by atoms with Gasteiger partial charge in [-0.2, -0.15) is 5.10 Å². The first-order valence-electron chi connectivity index (χ1n) is 5.38. The highest BCUT2D eigenvalue weighted by Gasteiger charge is 2.25. The lowest BCUT2D eigenvalue weighted by Crippen LogP contribution is -2.36. The lowest BCUT2D eigenvalue weighted by molar-refractivity contribution is -0.121. The van der Waals surface area contributed by atoms with Crippen LogP contribution in [-0.2, 0) is 4.79 Å². The predicted molar refractivity (Wildman–Crippen MR) is 58.2 cm³/mol. The number of carbonyl (C=O) groups excluding carboxylic acids is 1. The largest absolute Gasteiger partial charge is 0.315 e. The van der Waals surface area contributed by atoms with E-state index in [0.717, 1.165) is 17.9 Å². The number of hydrogen-bond donors (Lipinski definition) is 1. The SMILES string of the molecule is O=C1CCNCC1c1cccc2ncnn12. The summed E-state index contributed by atoms with van der Waals surface area (Å²) in [5.41, 5.74) is 1.71. The van der Waals surface area contributed by atoms with E-state index in [2.05, 4.69) is 15.4 Å². The molecule has 0 saturated carbocycles. The van der Waals surface area contributed by atoms with Crippen molar-refractivity contribution in [3.8, 4) is 0 Å². The molecule has 1 aliphatic heterocycles. The number of fused-ring (bicyclic) bond motifs is 1. The summed E-state index contributed by atoms with van der Waals surface area (Å²) >= 11 is 0. The summed E-state index contributed by atoms with van der Waals surface area (Å²) in [6, 6.07) is 5.75. The van der Waals surface area contributed by atoms with E-state index < -0.39 is 0 Å². The van der Waals surface area contributed by atoms with Crippen molar-refractivity contribution >= 4 is 11.4 Å². The Kier molecular flexibility index (Phi) is 2.18. The molecular formula is C11H12N4O. The highest BCUT2D eigenvalue weighted by atomic mass is 16.1. The molecule has 5 nitrogen and oxygen atoms in total. The fourth-order valence-corrected chi connectivity index (χ4v) is 2.15. The van der Waals surface area contributed by atoms with E-state index in [1.165, 1.54) is 6.33 Å². The van der Waals surface area contributed by atoms with Gasteiger partial charge in [0.05, 0.1) is 11.6 Å². The average Bonchev–Trinajstić information content (AvgIpc) is 2.77. The molecule has 5 heteroatoms. The smallest absolute Gasteiger partial charge is 0.155 e. The zero-order valence-corrected chi connectivity index (χ0v) is 8.76. The summed E-state index contributed by atoms with van der Waals surface area (Å²) in [7, 11) is 0. The number of piperidine rings is 1. The van der Waals surface area contributed by atoms with Crippen molar-refractivity contribution in [2.45, 2.75) is 12.3 Å². The third kappa shape index (κ3) is 1.40. The lowest BCUT2D eigenvalue weighted by Gasteiger charge is -2.22. The fraction of sp³-hybridized carbons (Fsp3) is 0.364. The molecule has 1 aliphatic rings. The highest BCUT2D eigenvalue weighted by molar-refractivity contribution is 5.86. The van der Waals surface area contributed by atoms with Gasteiger partial charge >= 0.3 is 0 Å². The first-order chi connectivity index (χ1) is 7.86. The minimum atomic E-state index is -0.0980. The molecule has 82 valence electrons. The van der Waals surface area contributed by atoms with Gasteiger partial charge in [-0.25, -0.2) is 9.50 Å². The number of aromatic nitrogens is 3. The summed E-state index contributed by atoms with van der Waals surface area (Å²) in [6.07, 6.45) is 2.11. The summed E-state index contributed by atoms with van der Waals surface area (Å²) in [5, 5.41) is 7.39. The van der Waals surface area contributed by atoms with Gasteiger partial charge in [0.25, 0.3) is 0 Å². The van der Waals surface area contributed by atoms with E-state index in [-0.39, 0.29) is 11.7 Å². The van der Waals surface area contributed by atoms with E-state index in [4.69, 9.17) is 0 Å². The Hall–Kier alpha value is -1.75. The molecule has 1 saturated heterocycles. The second-order valence-corrected chi connectivity index (χ2v) is 3.95. The Morgan fingerprint density at radius 3 is 3.25 bits per heavy atom. The molecular weight excluding hydrogens is 204 g/mol. The van der Waals surface area contributed by atoms with Crippen LogP contribution in [0.3, 0.4) is 0 Å². The topological polar surface area (TPSA) is 59.3 Å². The van der Waals surface area contributed by atoms with E-state index in [9.17, 15) is 4.79 Å². The molecule has 1 fully saturated rings. The molecule has 3 rings (SSSR count). The Balaban J connectivity index is 2.10. The monoisotopic (exact) mass is 216 g/mol. The maximum atomic E-state index is 11.9. The van der Waals surface area contributed by atoms with E-state index in [1.807, 2.05) is 18.2 Å². The molecule has 0 amide bonds. The van der Waals surface area contributed by atoms with Crippen molar-refractivity contribution in [2.24, 2.45) is 0 Å². The average molecular weight is 216 g/mol. The molecule has 0 aromatic carbocycles. The number of rotatable bonds is 1. The van der Waals surface area contributed by atoms with Crippen molar-refractivity contribution in [1.29, 1.82) is 0 Å². The molecule has 16 heavy (non-hydrogen) atoms. The first kappa shape index (κ1) is 9.47. The number of pyridine rings is 1. The first-order valence-corrected chi connectivity index (χ1v) is 5.38. The molecule has 1 atom stereocenters. The molecule has 2 aromatic rings. The van der Waals surface area contributed by atoms with Gasteiger partial charge in [-0.1, -0.05) is 6.07 Å². The number of ketones is 1. The lowest BCUT2D eigenvalue weighted by atomic mass is 9.94. The van der Waals surface area contributed by atoms with Crippen LogP contribution < -0.4 is 5.32 Å². The van der Waals surface area contributed by atoms with Crippen LogP contribution in [0.25, 0.3) is 5.65 Å². The maximum absolute atomic E-state index is 11.9. The van der Waals surface area contributed by atoms with Gasteiger partial charge in [0.2, 0.25) is 0 Å². The number of Topliss-reactive ketones (excluding diaryl/α,β-unsaturated/α-hetero) is 1. The molecule has 0 aliphatic carbocycles. The van der Waals surface area contributed by atoms with Crippen molar-refractivity contribution in [2.75, 3.05) is 13.1 Å². The zero-order valence-electron chi connectivity index (χ0n) is 8.76. The van der Waals surface area contributed by atoms with Crippen molar-refractivity contribution in [3.05, 3.63) is 30.2 Å². The molecule has 2 aromatic heterocycles. The van der Waals surface area contributed by atoms with Crippen LogP contribution in [-0.4, -0.2) is 33.5 Å². The van der Waals surface area contributed by atoms with Gasteiger partial charge in [-0.15, -0.1) is 0 Å². The standard InChI is InChI=1S/C11H12N4O/c16-10-4-5-12-6-8(10)9-2-1-3-11-13-7-14-15(9)11/h1-3,7-8,12H,4-6H2. The summed E-state index contributed by atoms with van der Waals surface area (Å²) in [4.78, 5) is 16.0. The third-order valence-corrected chi connectivity index (χ3v) is 2.97. The van der Waals surface area contributed by atoms with Crippen LogP contribution in [0.4, 0.5) is 0 Å². The number of carbonyl (C=O) groups is 1. The molecule has 3 heterocycles. The summed E-state index contributed by atoms with van der Waals surface area (Å²) < 4.78 is 1.75. The van der Waals surface area contributed by atoms with Crippen molar-refractivity contribution in [1.82, 2.24) is 19.9 Å². The molecule has 0 spiro atoms. The van der Waals surface area contributed by atoms with E-state index in [1.54, 1.807) is 4.52 Å². The van der Waals surface area contributed by atoms with E-state index >= 15 is 0 Å². The minimum absolute atomic E-state index is 0.0980. The molecule has 1 N–H and O–H groups in total. The van der Waals surface area contributed by atoms with Crippen LogP contribution in [0.2, 0.25) is 0 Å². The Bertz CT molecular complexity index is 534. The van der Waals surface area contributed by atoms with Crippen molar-refractivity contribution < 1.29 is 4.79 Å². The van der Waals surface area contributed by atoms with Gasteiger partial charge in [-0.05, 0) is 12.1 Å². The summed E-state index contributed by atoms with van der Waals surface area (Å²) in [6.45, 7) is 1.47. The zero-order chi connectivity index (χ0) is 11.0. The normalized spacial score (nSPS) is 21.5. The van der Waals surface area contributed by atoms with Crippen molar-refractivity contribution in [3.63, 3.8) is 0 Å². The fourth-order valence-electron chi connectivity index (χ4n) is 2.15. The molecule has 0 radical (unpaired) electrons. The Morgan fingerprint density at radius 1 is 1.44 bits per heavy atom. The van der Waals surface area contributed by atoms with Gasteiger partial charge < -0.3 is 5.32 Å². The number of hydrogen-bond acceptors (Lipinski definition) is 4. The maximum Gasteiger partial charge on any atom is 0.155 e. The minimum Gasteiger partial charge on any atom is -0.315 e. The van der Waals surface area contributed by atoms with Crippen LogP contribution in [0.15, 0.2) is 24.5 Å². The second-order valence-electron chi connectivity index (χ2n) is 3.95. The van der Waals surface area contributed by atoms with Gasteiger partial charge in [0, 0.05) is 19.5 Å². The van der Waals surface area contributed by atoms with Crippen LogP contribution in [0.5, 0.6) is 0 Å². The van der Waals surface area contributed by atoms with Crippen LogP contribution in [0, 0.1) is 0 Å². The van der Waals surface area contributed by atoms with Crippen LogP contribution >= 0.6 is 0 Å². The summed E-state index contributed by atoms with van der Waals surface area (Å²) in [5.74, 6) is 0.181. The predicted octanol–water partition coefficient (Wildman–Crippen LogP) is 0.375. The molecule has 0 bridgehead atoms. The Labute approximate surface area is 92.5 Å². The quantitative estimate of drug-likeness (QED) is 0.748. The highest BCUT2D eigenvalue weighted by Crippen LogP contribution is 2.20. The second kappa shape index (κ2) is 3.68. The van der Waals surface area contributed by atoms with Crippen LogP contribution in [0.1, 0.15) is 18.0 Å². The number of nitrogens with zero attached hydrogens (tertiary/aromatic N) is 3. The number of nitrogens with one attached hydrogen (secondary N) is 1. The third-order valence-electron chi connectivity index (χ3n) is 2.97. The van der Waals surface area contributed by atoms with Gasteiger partial charge in [0.15, 0.2) is 5.65 Å². The molecule has 1 unspecified atom stereocenters. The van der Waals surface area contributed by atoms with Gasteiger partial charge in [-0.3, -0.25) is 4.79 Å². The van der Waals surface area contributed by atoms with E-state index in [0.29, 0.717) is 13.0 Å². The Morgan fingerprint density at radius 2 is 2.38 bits per heavy atom. The van der Waals surface area contributed by atoms with Gasteiger partial charge in [0.1, 0.15) is 12.1 Å².